The molecular formula is C17H28N4O3. The van der Waals surface area contributed by atoms with Crippen molar-refractivity contribution in [1.82, 2.24) is 19.6 Å². The molecule has 7 heteroatoms. The fraction of sp³-hybridized carbons (Fsp3) is 0.765. The number of carbonyl (C=O) groups is 1. The van der Waals surface area contributed by atoms with E-state index >= 15 is 0 Å². The third-order valence-corrected chi connectivity index (χ3v) is 5.04. The number of rotatable bonds is 4. The summed E-state index contributed by atoms with van der Waals surface area (Å²) in [5.41, 5.74) is 2.11. The number of ether oxygens (including phenoxy) is 2. The minimum absolute atomic E-state index is 0.123. The van der Waals surface area contributed by atoms with Gasteiger partial charge in [0.1, 0.15) is 0 Å². The molecule has 0 bridgehead atoms. The molecule has 2 atom stereocenters. The van der Waals surface area contributed by atoms with Crippen molar-refractivity contribution in [2.75, 3.05) is 39.9 Å². The smallest absolute Gasteiger partial charge is 0.236 e. The molecule has 0 saturated carbocycles. The van der Waals surface area contributed by atoms with Crippen LogP contribution in [0, 0.1) is 6.92 Å². The molecule has 0 spiro atoms. The number of carbonyl (C=O) groups excluding carboxylic acids is 1. The Morgan fingerprint density at radius 2 is 2.21 bits per heavy atom. The zero-order chi connectivity index (χ0) is 17.3. The number of amides is 1. The Labute approximate surface area is 143 Å². The summed E-state index contributed by atoms with van der Waals surface area (Å²) in [5, 5.41) is 4.49. The molecule has 2 aliphatic rings. The summed E-state index contributed by atoms with van der Waals surface area (Å²) in [6.45, 7) is 7.43. The Morgan fingerprint density at radius 1 is 1.42 bits per heavy atom. The molecule has 3 rings (SSSR count). The maximum atomic E-state index is 12.7. The molecule has 0 radical (unpaired) electrons. The third kappa shape index (κ3) is 3.28. The van der Waals surface area contributed by atoms with Gasteiger partial charge in [-0.25, -0.2) is 4.68 Å². The Kier molecular flexibility index (Phi) is 5.10. The number of morpholine rings is 1. The van der Waals surface area contributed by atoms with Crippen LogP contribution in [0.5, 0.6) is 5.88 Å². The van der Waals surface area contributed by atoms with E-state index < -0.39 is 0 Å². The van der Waals surface area contributed by atoms with E-state index in [0.717, 1.165) is 36.5 Å². The van der Waals surface area contributed by atoms with Gasteiger partial charge in [0, 0.05) is 26.2 Å². The Morgan fingerprint density at radius 3 is 2.92 bits per heavy atom. The van der Waals surface area contributed by atoms with E-state index in [1.165, 1.54) is 0 Å². The third-order valence-electron chi connectivity index (χ3n) is 5.04. The van der Waals surface area contributed by atoms with E-state index in [0.29, 0.717) is 26.2 Å². The maximum Gasteiger partial charge on any atom is 0.236 e. The normalized spacial score (nSPS) is 25.2. The van der Waals surface area contributed by atoms with Crippen LogP contribution < -0.4 is 4.74 Å². The molecule has 1 amide bonds. The summed E-state index contributed by atoms with van der Waals surface area (Å²) >= 11 is 0. The lowest BCUT2D eigenvalue weighted by atomic mass is 10.0. The van der Waals surface area contributed by atoms with Crippen molar-refractivity contribution in [2.45, 2.75) is 38.8 Å². The van der Waals surface area contributed by atoms with Gasteiger partial charge in [0.2, 0.25) is 11.8 Å². The van der Waals surface area contributed by atoms with Crippen LogP contribution >= 0.6 is 0 Å². The van der Waals surface area contributed by atoms with Gasteiger partial charge in [-0.15, -0.1) is 0 Å². The first-order chi connectivity index (χ1) is 11.5. The summed E-state index contributed by atoms with van der Waals surface area (Å²) in [6, 6.07) is 0.205. The molecular weight excluding hydrogens is 308 g/mol. The number of nitrogens with zero attached hydrogens (tertiary/aromatic N) is 4. The van der Waals surface area contributed by atoms with Crippen LogP contribution in [0.4, 0.5) is 0 Å². The minimum Gasteiger partial charge on any atom is -0.481 e. The zero-order valence-corrected chi connectivity index (χ0v) is 15.1. The number of aryl methyl sites for hydroxylation is 2. The number of hydrogen-bond donors (Lipinski definition) is 0. The lowest BCUT2D eigenvalue weighted by Crippen LogP contribution is -2.48. The number of methoxy groups -OCH3 is 1. The Balaban J connectivity index is 1.73. The number of likely N-dealkylation sites (tertiary alicyclic amines) is 1. The molecule has 7 nitrogen and oxygen atoms in total. The zero-order valence-electron chi connectivity index (χ0n) is 15.1. The molecule has 1 aromatic rings. The molecule has 2 aliphatic heterocycles. The molecule has 2 saturated heterocycles. The molecule has 0 aromatic carbocycles. The summed E-state index contributed by atoms with van der Waals surface area (Å²) < 4.78 is 12.9. The van der Waals surface area contributed by atoms with Crippen molar-refractivity contribution in [3.8, 4) is 5.88 Å². The van der Waals surface area contributed by atoms with Gasteiger partial charge >= 0.3 is 0 Å². The lowest BCUT2D eigenvalue weighted by Gasteiger charge is -2.33. The van der Waals surface area contributed by atoms with Gasteiger partial charge in [0.25, 0.3) is 0 Å². The van der Waals surface area contributed by atoms with Crippen LogP contribution in [-0.2, 0) is 16.6 Å². The van der Waals surface area contributed by atoms with Crippen LogP contribution in [-0.4, -0.2) is 71.5 Å². The largest absolute Gasteiger partial charge is 0.481 e. The quantitative estimate of drug-likeness (QED) is 0.825. The first-order valence-electron chi connectivity index (χ1n) is 8.72. The summed E-state index contributed by atoms with van der Waals surface area (Å²) in [7, 11) is 3.58. The molecule has 134 valence electrons. The van der Waals surface area contributed by atoms with Crippen LogP contribution in [0.3, 0.4) is 0 Å². The van der Waals surface area contributed by atoms with Gasteiger partial charge in [-0.3, -0.25) is 9.69 Å². The van der Waals surface area contributed by atoms with E-state index in [9.17, 15) is 4.79 Å². The Hall–Kier alpha value is -1.60. The maximum absolute atomic E-state index is 12.7. The number of hydrogen-bond acceptors (Lipinski definition) is 5. The highest BCUT2D eigenvalue weighted by Crippen LogP contribution is 2.38. The average molecular weight is 336 g/mol. The second-order valence-corrected chi connectivity index (χ2v) is 6.78. The minimum atomic E-state index is 0.123. The topological polar surface area (TPSA) is 59.8 Å². The summed E-state index contributed by atoms with van der Waals surface area (Å²) in [4.78, 5) is 16.9. The highest BCUT2D eigenvalue weighted by atomic mass is 16.5. The summed E-state index contributed by atoms with van der Waals surface area (Å²) in [6.07, 6.45) is 2.25. The number of aromatic nitrogens is 2. The average Bonchev–Trinajstić information content (AvgIpc) is 3.10. The van der Waals surface area contributed by atoms with Gasteiger partial charge in [-0.2, -0.15) is 5.10 Å². The van der Waals surface area contributed by atoms with Crippen molar-refractivity contribution in [1.29, 1.82) is 0 Å². The van der Waals surface area contributed by atoms with Crippen LogP contribution in [0.25, 0.3) is 0 Å². The van der Waals surface area contributed by atoms with Gasteiger partial charge in [0.15, 0.2) is 0 Å². The molecule has 0 aliphatic carbocycles. The molecule has 0 unspecified atom stereocenters. The van der Waals surface area contributed by atoms with E-state index in [1.807, 2.05) is 25.8 Å². The standard InChI is InChI=1S/C17H28N4O3/c1-12-10-21(8-9-24-12)15(22)11-20-7-5-6-14(20)16-13(2)18-19(3)17(16)23-4/h12,14H,5-11H2,1-4H3/t12-,14+/m0/s1. The van der Waals surface area contributed by atoms with Gasteiger partial charge in [0.05, 0.1) is 37.6 Å². The van der Waals surface area contributed by atoms with Gasteiger partial charge < -0.3 is 14.4 Å². The molecule has 3 heterocycles. The highest BCUT2D eigenvalue weighted by molar-refractivity contribution is 5.78. The van der Waals surface area contributed by atoms with Crippen LogP contribution in [0.15, 0.2) is 0 Å². The van der Waals surface area contributed by atoms with Crippen molar-refractivity contribution >= 4 is 5.91 Å². The fourth-order valence-corrected chi connectivity index (χ4v) is 3.94. The van der Waals surface area contributed by atoms with Crippen LogP contribution in [0.1, 0.15) is 37.1 Å². The molecule has 2 fully saturated rings. The van der Waals surface area contributed by atoms with Crippen molar-refractivity contribution in [3.63, 3.8) is 0 Å². The second-order valence-electron chi connectivity index (χ2n) is 6.78. The predicted octanol–water partition coefficient (Wildman–Crippen LogP) is 1.12. The van der Waals surface area contributed by atoms with E-state index in [-0.39, 0.29) is 18.1 Å². The van der Waals surface area contributed by atoms with E-state index in [1.54, 1.807) is 11.8 Å². The Bertz CT molecular complexity index is 601. The second kappa shape index (κ2) is 7.11. The first-order valence-corrected chi connectivity index (χ1v) is 8.72. The highest BCUT2D eigenvalue weighted by Gasteiger charge is 2.34. The monoisotopic (exact) mass is 336 g/mol. The van der Waals surface area contributed by atoms with Crippen molar-refractivity contribution in [3.05, 3.63) is 11.3 Å². The SMILES string of the molecule is COc1c([C@H]2CCCN2CC(=O)N2CCO[C@@H](C)C2)c(C)nn1C. The first kappa shape index (κ1) is 17.2. The van der Waals surface area contributed by atoms with Crippen molar-refractivity contribution < 1.29 is 14.3 Å². The summed E-state index contributed by atoms with van der Waals surface area (Å²) in [5.74, 6) is 0.995. The molecule has 24 heavy (non-hydrogen) atoms. The van der Waals surface area contributed by atoms with E-state index in [4.69, 9.17) is 9.47 Å². The van der Waals surface area contributed by atoms with Crippen LogP contribution in [0.2, 0.25) is 0 Å². The molecule has 0 N–H and O–H groups in total. The van der Waals surface area contributed by atoms with E-state index in [2.05, 4.69) is 10.00 Å². The van der Waals surface area contributed by atoms with Gasteiger partial charge in [-0.05, 0) is 33.2 Å². The molecule has 1 aromatic heterocycles. The fourth-order valence-electron chi connectivity index (χ4n) is 3.94. The van der Waals surface area contributed by atoms with Gasteiger partial charge in [-0.1, -0.05) is 0 Å². The predicted molar refractivity (Wildman–Crippen MR) is 90.0 cm³/mol. The lowest BCUT2D eigenvalue weighted by molar-refractivity contribution is -0.139. The van der Waals surface area contributed by atoms with Crippen molar-refractivity contribution in [2.24, 2.45) is 7.05 Å².